The summed E-state index contributed by atoms with van der Waals surface area (Å²) in [6, 6.07) is 5.42. The summed E-state index contributed by atoms with van der Waals surface area (Å²) in [4.78, 5) is 40.7. The van der Waals surface area contributed by atoms with Gasteiger partial charge < -0.3 is 16.0 Å². The zero-order valence-electron chi connectivity index (χ0n) is 27.1. The van der Waals surface area contributed by atoms with Crippen LogP contribution in [-0.2, 0) is 0 Å². The van der Waals surface area contributed by atoms with Crippen LogP contribution in [0.1, 0.15) is 150 Å². The fourth-order valence-electron chi connectivity index (χ4n) is 7.72. The van der Waals surface area contributed by atoms with Gasteiger partial charge in [-0.3, -0.25) is 14.4 Å². The summed E-state index contributed by atoms with van der Waals surface area (Å²) in [5, 5.41) is 9.75. The van der Waals surface area contributed by atoms with Crippen LogP contribution in [0.15, 0.2) is 18.2 Å². The van der Waals surface area contributed by atoms with Crippen LogP contribution >= 0.6 is 0 Å². The molecule has 234 valence electrons. The summed E-state index contributed by atoms with van der Waals surface area (Å²) >= 11 is 0. The molecule has 3 N–H and O–H groups in total. The minimum absolute atomic E-state index is 0.124. The van der Waals surface area contributed by atoms with E-state index in [0.29, 0.717) is 52.2 Å². The van der Waals surface area contributed by atoms with Crippen LogP contribution in [0.25, 0.3) is 0 Å². The molecule has 0 aromatic heterocycles. The molecule has 0 spiro atoms. The maximum absolute atomic E-state index is 13.6. The molecule has 4 rings (SSSR count). The minimum Gasteiger partial charge on any atom is -0.349 e. The van der Waals surface area contributed by atoms with Crippen LogP contribution in [0, 0.1) is 35.5 Å². The molecule has 3 aliphatic carbocycles. The number of carbonyl (C=O) groups excluding carboxylic acids is 3. The van der Waals surface area contributed by atoms with Gasteiger partial charge in [0.05, 0.1) is 0 Å². The van der Waals surface area contributed by atoms with Crippen molar-refractivity contribution in [2.45, 2.75) is 137 Å². The van der Waals surface area contributed by atoms with Crippen molar-refractivity contribution >= 4 is 17.7 Å². The first-order valence-electron chi connectivity index (χ1n) is 17.1. The standard InChI is InChI=1S/C36H57N3O3/c1-22(2)25-10-7-13-31(19-25)37-34(40)28-16-29(35(41)38-32-14-8-11-26(20-32)23(3)4)18-30(17-28)36(42)39-33-15-9-12-27(21-33)24(5)6/h16-18,22-27,31-33H,7-15,19-21H2,1-6H3,(H,37,40)(H,38,41)(H,39,42). The average molecular weight is 580 g/mol. The van der Waals surface area contributed by atoms with E-state index in [0.717, 1.165) is 57.8 Å². The van der Waals surface area contributed by atoms with Crippen molar-refractivity contribution in [2.75, 3.05) is 0 Å². The third-order valence-electron chi connectivity index (χ3n) is 10.7. The molecule has 6 atom stereocenters. The maximum Gasteiger partial charge on any atom is 0.251 e. The Morgan fingerprint density at radius 2 is 0.762 bits per heavy atom. The molecule has 3 saturated carbocycles. The van der Waals surface area contributed by atoms with E-state index < -0.39 is 0 Å². The Morgan fingerprint density at radius 3 is 1.00 bits per heavy atom. The van der Waals surface area contributed by atoms with Crippen molar-refractivity contribution in [1.29, 1.82) is 0 Å². The van der Waals surface area contributed by atoms with Gasteiger partial charge in [-0.25, -0.2) is 0 Å². The molecule has 3 amide bonds. The predicted octanol–water partition coefficient (Wildman–Crippen LogP) is 7.52. The summed E-state index contributed by atoms with van der Waals surface area (Å²) in [6.45, 7) is 13.5. The van der Waals surface area contributed by atoms with E-state index in [-0.39, 0.29) is 35.8 Å². The summed E-state index contributed by atoms with van der Waals surface area (Å²) in [5.74, 6) is 3.04. The molecule has 0 heterocycles. The van der Waals surface area contributed by atoms with E-state index in [4.69, 9.17) is 0 Å². The number of carbonyl (C=O) groups is 3. The fraction of sp³-hybridized carbons (Fsp3) is 0.750. The van der Waals surface area contributed by atoms with Crippen LogP contribution in [0.4, 0.5) is 0 Å². The van der Waals surface area contributed by atoms with Crippen molar-refractivity contribution in [1.82, 2.24) is 16.0 Å². The number of rotatable bonds is 9. The van der Waals surface area contributed by atoms with Crippen LogP contribution in [-0.4, -0.2) is 35.8 Å². The molecule has 0 aliphatic heterocycles. The lowest BCUT2D eigenvalue weighted by Gasteiger charge is -2.32. The van der Waals surface area contributed by atoms with E-state index >= 15 is 0 Å². The molecule has 6 heteroatoms. The lowest BCUT2D eigenvalue weighted by molar-refractivity contribution is 0.0912. The van der Waals surface area contributed by atoms with Gasteiger partial charge >= 0.3 is 0 Å². The van der Waals surface area contributed by atoms with Crippen molar-refractivity contribution in [3.8, 4) is 0 Å². The highest BCUT2D eigenvalue weighted by molar-refractivity contribution is 6.04. The number of hydrogen-bond donors (Lipinski definition) is 3. The Morgan fingerprint density at radius 1 is 0.500 bits per heavy atom. The predicted molar refractivity (Wildman–Crippen MR) is 171 cm³/mol. The van der Waals surface area contributed by atoms with Crippen LogP contribution in [0.5, 0.6) is 0 Å². The Labute approximate surface area is 254 Å². The molecule has 3 fully saturated rings. The molecule has 1 aromatic rings. The smallest absolute Gasteiger partial charge is 0.251 e. The normalized spacial score (nSPS) is 28.5. The van der Waals surface area contributed by atoms with Crippen LogP contribution in [0.3, 0.4) is 0 Å². The monoisotopic (exact) mass is 579 g/mol. The summed E-state index contributed by atoms with van der Waals surface area (Å²) < 4.78 is 0. The van der Waals surface area contributed by atoms with E-state index in [1.54, 1.807) is 18.2 Å². The first kappa shape index (κ1) is 32.5. The highest BCUT2D eigenvalue weighted by atomic mass is 16.2. The van der Waals surface area contributed by atoms with Gasteiger partial charge in [-0.05, 0) is 92.2 Å². The zero-order valence-corrected chi connectivity index (χ0v) is 27.1. The zero-order chi connectivity index (χ0) is 30.4. The Balaban J connectivity index is 1.53. The number of amides is 3. The van der Waals surface area contributed by atoms with Gasteiger partial charge in [-0.1, -0.05) is 80.1 Å². The van der Waals surface area contributed by atoms with Gasteiger partial charge in [-0.15, -0.1) is 0 Å². The lowest BCUT2D eigenvalue weighted by atomic mass is 9.79. The van der Waals surface area contributed by atoms with E-state index in [2.05, 4.69) is 57.5 Å². The van der Waals surface area contributed by atoms with E-state index in [1.165, 1.54) is 19.3 Å². The Kier molecular flexibility index (Phi) is 11.5. The molecular weight excluding hydrogens is 522 g/mol. The van der Waals surface area contributed by atoms with Crippen molar-refractivity contribution in [3.63, 3.8) is 0 Å². The molecular formula is C36H57N3O3. The highest BCUT2D eigenvalue weighted by Crippen LogP contribution is 2.32. The van der Waals surface area contributed by atoms with Crippen LogP contribution < -0.4 is 16.0 Å². The summed E-state index contributed by atoms with van der Waals surface area (Å²) in [5.41, 5.74) is 1.19. The fourth-order valence-corrected chi connectivity index (χ4v) is 7.72. The first-order chi connectivity index (χ1) is 20.0. The largest absolute Gasteiger partial charge is 0.349 e. The molecule has 3 aliphatic rings. The van der Waals surface area contributed by atoms with Gasteiger partial charge in [0, 0.05) is 34.8 Å². The van der Waals surface area contributed by atoms with Gasteiger partial charge in [-0.2, -0.15) is 0 Å². The van der Waals surface area contributed by atoms with Gasteiger partial charge in [0.25, 0.3) is 17.7 Å². The number of nitrogens with one attached hydrogen (secondary N) is 3. The molecule has 6 nitrogen and oxygen atoms in total. The second kappa shape index (κ2) is 14.9. The SMILES string of the molecule is CC(C)C1CCCC(NC(=O)c2cc(C(=O)NC3CCCC(C(C)C)C3)cc(C(=O)NC3CCCC(C(C)C)C3)c2)C1. The van der Waals surface area contributed by atoms with Crippen molar-refractivity contribution < 1.29 is 14.4 Å². The quantitative estimate of drug-likeness (QED) is 0.283. The minimum atomic E-state index is -0.191. The maximum atomic E-state index is 13.6. The molecule has 42 heavy (non-hydrogen) atoms. The van der Waals surface area contributed by atoms with Crippen molar-refractivity contribution in [2.24, 2.45) is 35.5 Å². The third kappa shape index (κ3) is 8.83. The summed E-state index contributed by atoms with van der Waals surface area (Å²) in [6.07, 6.45) is 12.8. The van der Waals surface area contributed by atoms with Crippen LogP contribution in [0.2, 0.25) is 0 Å². The number of benzene rings is 1. The second-order valence-corrected chi connectivity index (χ2v) is 14.8. The molecule has 1 aromatic carbocycles. The van der Waals surface area contributed by atoms with Crippen molar-refractivity contribution in [3.05, 3.63) is 34.9 Å². The molecule has 0 saturated heterocycles. The van der Waals surface area contributed by atoms with Gasteiger partial charge in [0.1, 0.15) is 0 Å². The Bertz CT molecular complexity index is 935. The van der Waals surface area contributed by atoms with E-state index in [9.17, 15) is 14.4 Å². The average Bonchev–Trinajstić information content (AvgIpc) is 2.97. The molecule has 0 bridgehead atoms. The lowest BCUT2D eigenvalue weighted by Crippen LogP contribution is -2.41. The number of hydrogen-bond acceptors (Lipinski definition) is 3. The molecule has 6 unspecified atom stereocenters. The summed E-state index contributed by atoms with van der Waals surface area (Å²) in [7, 11) is 0. The van der Waals surface area contributed by atoms with Gasteiger partial charge in [0.15, 0.2) is 0 Å². The highest BCUT2D eigenvalue weighted by Gasteiger charge is 2.29. The topological polar surface area (TPSA) is 87.3 Å². The molecule has 0 radical (unpaired) electrons. The third-order valence-corrected chi connectivity index (χ3v) is 10.7. The Hall–Kier alpha value is -2.37. The second-order valence-electron chi connectivity index (χ2n) is 14.8. The van der Waals surface area contributed by atoms with E-state index in [1.807, 2.05) is 0 Å². The first-order valence-corrected chi connectivity index (χ1v) is 17.1. The van der Waals surface area contributed by atoms with Gasteiger partial charge in [0.2, 0.25) is 0 Å².